The molecule has 2 rings (SSSR count). The number of aromatic nitrogens is 2. The number of rotatable bonds is 8. The number of aliphatic carboxylic acids is 1. The summed E-state index contributed by atoms with van der Waals surface area (Å²) in [6, 6.07) is 8.43. The third-order valence-electron chi connectivity index (χ3n) is 3.78. The van der Waals surface area contributed by atoms with E-state index in [2.05, 4.69) is 10.4 Å². The van der Waals surface area contributed by atoms with E-state index in [0.717, 1.165) is 11.4 Å². The maximum Gasteiger partial charge on any atom is 0.320 e. The molecule has 8 heteroatoms. The number of hydrogen-bond donors (Lipinski definition) is 2. The molecule has 1 aromatic carbocycles. The first-order chi connectivity index (χ1) is 11.9. The Morgan fingerprint density at radius 2 is 2.00 bits per heavy atom. The van der Waals surface area contributed by atoms with Crippen LogP contribution in [0.3, 0.4) is 0 Å². The van der Waals surface area contributed by atoms with Gasteiger partial charge in [0, 0.05) is 37.8 Å². The highest BCUT2D eigenvalue weighted by molar-refractivity contribution is 6.30. The highest BCUT2D eigenvalue weighted by Crippen LogP contribution is 2.14. The fourth-order valence-corrected chi connectivity index (χ4v) is 2.46. The Bertz CT molecular complexity index is 730. The zero-order valence-electron chi connectivity index (χ0n) is 14.1. The molecule has 2 aromatic rings. The second kappa shape index (κ2) is 8.64. The molecule has 0 aliphatic carbocycles. The Kier molecular flexibility index (Phi) is 6.55. The minimum atomic E-state index is -0.917. The van der Waals surface area contributed by atoms with Gasteiger partial charge in [0.2, 0.25) is 5.91 Å². The molecular weight excluding hydrogens is 344 g/mol. The van der Waals surface area contributed by atoms with E-state index in [1.165, 1.54) is 6.92 Å². The van der Waals surface area contributed by atoms with Crippen LogP contribution in [0.2, 0.25) is 5.02 Å². The van der Waals surface area contributed by atoms with Crippen molar-refractivity contribution in [2.24, 2.45) is 0 Å². The van der Waals surface area contributed by atoms with Gasteiger partial charge in [-0.2, -0.15) is 5.10 Å². The Morgan fingerprint density at radius 1 is 1.32 bits per heavy atom. The molecule has 25 heavy (non-hydrogen) atoms. The van der Waals surface area contributed by atoms with Gasteiger partial charge < -0.3 is 10.4 Å². The van der Waals surface area contributed by atoms with Crippen molar-refractivity contribution in [3.8, 4) is 5.69 Å². The third-order valence-corrected chi connectivity index (χ3v) is 4.03. The van der Waals surface area contributed by atoms with Gasteiger partial charge in [0.05, 0.1) is 11.4 Å². The number of nitrogens with zero attached hydrogens (tertiary/aromatic N) is 3. The summed E-state index contributed by atoms with van der Waals surface area (Å²) >= 11 is 5.89. The Hall–Kier alpha value is -2.38. The average molecular weight is 365 g/mol. The molecule has 1 heterocycles. The average Bonchev–Trinajstić information content (AvgIpc) is 3.02. The summed E-state index contributed by atoms with van der Waals surface area (Å²) in [7, 11) is 0. The quantitative estimate of drug-likeness (QED) is 0.747. The second-order valence-electron chi connectivity index (χ2n) is 5.70. The minimum absolute atomic E-state index is 0.144. The lowest BCUT2D eigenvalue weighted by atomic mass is 10.2. The Morgan fingerprint density at radius 3 is 2.60 bits per heavy atom. The number of benzene rings is 1. The monoisotopic (exact) mass is 364 g/mol. The summed E-state index contributed by atoms with van der Waals surface area (Å²) < 4.78 is 1.71. The molecule has 0 fully saturated rings. The molecular formula is C17H21ClN4O3. The van der Waals surface area contributed by atoms with Crippen molar-refractivity contribution >= 4 is 23.5 Å². The highest BCUT2D eigenvalue weighted by Gasteiger charge is 2.21. The molecule has 0 radical (unpaired) electrons. The molecule has 0 saturated carbocycles. The summed E-state index contributed by atoms with van der Waals surface area (Å²) in [5, 5.41) is 17.1. The molecule has 0 saturated heterocycles. The van der Waals surface area contributed by atoms with Gasteiger partial charge in [-0.15, -0.1) is 0 Å². The molecule has 2 N–H and O–H groups in total. The van der Waals surface area contributed by atoms with E-state index in [-0.39, 0.29) is 5.91 Å². The number of amides is 1. The van der Waals surface area contributed by atoms with Gasteiger partial charge in [-0.05, 0) is 37.3 Å². The van der Waals surface area contributed by atoms with E-state index in [1.807, 2.05) is 24.4 Å². The largest absolute Gasteiger partial charge is 0.480 e. The van der Waals surface area contributed by atoms with Crippen LogP contribution in [0.5, 0.6) is 0 Å². The van der Waals surface area contributed by atoms with Crippen molar-refractivity contribution in [2.45, 2.75) is 26.4 Å². The first-order valence-electron chi connectivity index (χ1n) is 7.88. The number of hydrogen-bond acceptors (Lipinski definition) is 4. The molecule has 1 atom stereocenters. The lowest BCUT2D eigenvalue weighted by molar-refractivity contribution is -0.142. The first-order valence-corrected chi connectivity index (χ1v) is 8.26. The van der Waals surface area contributed by atoms with Gasteiger partial charge in [-0.1, -0.05) is 11.6 Å². The van der Waals surface area contributed by atoms with Crippen LogP contribution in [0.15, 0.2) is 36.5 Å². The summed E-state index contributed by atoms with van der Waals surface area (Å²) in [5.74, 6) is -1.06. The van der Waals surface area contributed by atoms with Crippen LogP contribution in [0, 0.1) is 0 Å². The van der Waals surface area contributed by atoms with E-state index in [0.29, 0.717) is 24.7 Å². The molecule has 134 valence electrons. The minimum Gasteiger partial charge on any atom is -0.480 e. The number of halogens is 1. The standard InChI is InChI=1S/C17H21ClN4O3/c1-12(17(24)25)21(10-8-19-13(2)23)11-15-7-9-22(20-15)16-5-3-14(18)4-6-16/h3-7,9,12H,8,10-11H2,1-2H3,(H,19,23)(H,24,25). The van der Waals surface area contributed by atoms with E-state index in [9.17, 15) is 14.7 Å². The number of nitrogens with one attached hydrogen (secondary N) is 1. The van der Waals surface area contributed by atoms with E-state index >= 15 is 0 Å². The lowest BCUT2D eigenvalue weighted by Crippen LogP contribution is -2.42. The molecule has 0 aliphatic heterocycles. The maximum absolute atomic E-state index is 11.3. The summed E-state index contributed by atoms with van der Waals surface area (Å²) in [5.41, 5.74) is 1.61. The number of carbonyl (C=O) groups excluding carboxylic acids is 1. The van der Waals surface area contributed by atoms with Gasteiger partial charge >= 0.3 is 5.97 Å². The van der Waals surface area contributed by atoms with E-state index in [4.69, 9.17) is 11.6 Å². The summed E-state index contributed by atoms with van der Waals surface area (Å²) in [6.45, 7) is 4.21. The predicted molar refractivity (Wildman–Crippen MR) is 94.8 cm³/mol. The molecule has 0 aliphatic rings. The highest BCUT2D eigenvalue weighted by atomic mass is 35.5. The van der Waals surface area contributed by atoms with Gasteiger partial charge in [0.25, 0.3) is 0 Å². The van der Waals surface area contributed by atoms with Gasteiger partial charge in [-0.3, -0.25) is 14.5 Å². The molecule has 0 bridgehead atoms. The predicted octanol–water partition coefficient (Wildman–Crippen LogP) is 1.94. The number of carboxylic acid groups (broad SMARTS) is 1. The zero-order chi connectivity index (χ0) is 18.4. The van der Waals surface area contributed by atoms with Crippen LogP contribution >= 0.6 is 11.6 Å². The normalized spacial score (nSPS) is 12.2. The molecule has 1 unspecified atom stereocenters. The fourth-order valence-electron chi connectivity index (χ4n) is 2.33. The van der Waals surface area contributed by atoms with Crippen molar-refractivity contribution in [3.63, 3.8) is 0 Å². The zero-order valence-corrected chi connectivity index (χ0v) is 14.9. The topological polar surface area (TPSA) is 87.5 Å². The SMILES string of the molecule is CC(=O)NCCN(Cc1ccn(-c2ccc(Cl)cc2)n1)C(C)C(=O)O. The smallest absolute Gasteiger partial charge is 0.320 e. The lowest BCUT2D eigenvalue weighted by Gasteiger charge is -2.25. The molecule has 0 spiro atoms. The van der Waals surface area contributed by atoms with Crippen LogP contribution in [0.4, 0.5) is 0 Å². The van der Waals surface area contributed by atoms with Crippen LogP contribution in [-0.2, 0) is 16.1 Å². The molecule has 1 aromatic heterocycles. The number of carboxylic acids is 1. The van der Waals surface area contributed by atoms with Gasteiger partial charge in [-0.25, -0.2) is 4.68 Å². The third kappa shape index (κ3) is 5.58. The van der Waals surface area contributed by atoms with Crippen molar-refractivity contribution in [1.29, 1.82) is 0 Å². The summed E-state index contributed by atoms with van der Waals surface area (Å²) in [6.07, 6.45) is 1.82. The second-order valence-corrected chi connectivity index (χ2v) is 6.13. The van der Waals surface area contributed by atoms with Crippen molar-refractivity contribution < 1.29 is 14.7 Å². The summed E-state index contributed by atoms with van der Waals surface area (Å²) in [4.78, 5) is 24.1. The Balaban J connectivity index is 2.08. The maximum atomic E-state index is 11.3. The molecule has 1 amide bonds. The van der Waals surface area contributed by atoms with Gasteiger partial charge in [0.1, 0.15) is 6.04 Å². The Labute approximate surface area is 151 Å². The first kappa shape index (κ1) is 19.0. The molecule has 7 nitrogen and oxygen atoms in total. The van der Waals surface area contributed by atoms with Crippen LogP contribution < -0.4 is 5.32 Å². The van der Waals surface area contributed by atoms with Crippen LogP contribution in [-0.4, -0.2) is 50.8 Å². The van der Waals surface area contributed by atoms with Crippen molar-refractivity contribution in [2.75, 3.05) is 13.1 Å². The van der Waals surface area contributed by atoms with E-state index < -0.39 is 12.0 Å². The van der Waals surface area contributed by atoms with Crippen LogP contribution in [0.1, 0.15) is 19.5 Å². The van der Waals surface area contributed by atoms with Crippen molar-refractivity contribution in [1.82, 2.24) is 20.0 Å². The number of carbonyl (C=O) groups is 2. The van der Waals surface area contributed by atoms with Gasteiger partial charge in [0.15, 0.2) is 0 Å². The van der Waals surface area contributed by atoms with Crippen molar-refractivity contribution in [3.05, 3.63) is 47.2 Å². The van der Waals surface area contributed by atoms with E-state index in [1.54, 1.807) is 28.6 Å². The fraction of sp³-hybridized carbons (Fsp3) is 0.353. The van der Waals surface area contributed by atoms with Crippen LogP contribution in [0.25, 0.3) is 5.69 Å².